The summed E-state index contributed by atoms with van der Waals surface area (Å²) in [6, 6.07) is 14.3. The van der Waals surface area contributed by atoms with Crippen molar-refractivity contribution in [3.63, 3.8) is 0 Å². The molecule has 1 atom stereocenters. The first-order valence-electron chi connectivity index (χ1n) is 7.50. The van der Waals surface area contributed by atoms with Crippen LogP contribution in [0.25, 0.3) is 0 Å². The molecule has 0 aliphatic carbocycles. The van der Waals surface area contributed by atoms with Crippen molar-refractivity contribution < 1.29 is 14.3 Å². The van der Waals surface area contributed by atoms with E-state index in [0.717, 1.165) is 11.1 Å². The minimum atomic E-state index is -0.733. The van der Waals surface area contributed by atoms with Gasteiger partial charge in [-0.15, -0.1) is 0 Å². The van der Waals surface area contributed by atoms with Crippen LogP contribution in [0.5, 0.6) is 5.75 Å². The first-order valence-corrected chi connectivity index (χ1v) is 7.88. The minimum absolute atomic E-state index is 0.144. The summed E-state index contributed by atoms with van der Waals surface area (Å²) in [5, 5.41) is 0.606. The fourth-order valence-corrected chi connectivity index (χ4v) is 2.07. The SMILES string of the molecule is Cc1ccc(O[C@@H](C)C(=O)NNC(=O)Cc2ccc(Cl)cc2)cc1. The second-order valence-corrected chi connectivity index (χ2v) is 5.85. The van der Waals surface area contributed by atoms with Crippen molar-refractivity contribution in [1.29, 1.82) is 0 Å². The van der Waals surface area contributed by atoms with Crippen LogP contribution in [0.2, 0.25) is 5.02 Å². The number of ether oxygens (including phenoxy) is 1. The Morgan fingerprint density at radius 2 is 1.67 bits per heavy atom. The van der Waals surface area contributed by atoms with E-state index in [-0.39, 0.29) is 12.3 Å². The van der Waals surface area contributed by atoms with Crippen molar-refractivity contribution in [3.8, 4) is 5.75 Å². The van der Waals surface area contributed by atoms with Crippen LogP contribution >= 0.6 is 11.6 Å². The molecule has 2 amide bonds. The van der Waals surface area contributed by atoms with Crippen molar-refractivity contribution >= 4 is 23.4 Å². The van der Waals surface area contributed by atoms with Gasteiger partial charge >= 0.3 is 0 Å². The van der Waals surface area contributed by atoms with Crippen LogP contribution in [-0.2, 0) is 16.0 Å². The highest BCUT2D eigenvalue weighted by Gasteiger charge is 2.15. The van der Waals surface area contributed by atoms with Gasteiger partial charge in [0.1, 0.15) is 5.75 Å². The molecule has 24 heavy (non-hydrogen) atoms. The summed E-state index contributed by atoms with van der Waals surface area (Å²) in [5.41, 5.74) is 6.63. The van der Waals surface area contributed by atoms with Crippen LogP contribution in [0, 0.1) is 6.92 Å². The van der Waals surface area contributed by atoms with Crippen LogP contribution in [0.3, 0.4) is 0 Å². The molecule has 126 valence electrons. The molecule has 0 saturated carbocycles. The van der Waals surface area contributed by atoms with Gasteiger partial charge in [0.2, 0.25) is 5.91 Å². The fraction of sp³-hybridized carbons (Fsp3) is 0.222. The van der Waals surface area contributed by atoms with Crippen molar-refractivity contribution in [3.05, 3.63) is 64.7 Å². The maximum atomic E-state index is 11.9. The Kier molecular flexibility index (Phi) is 6.21. The van der Waals surface area contributed by atoms with E-state index in [2.05, 4.69) is 10.9 Å². The third-order valence-electron chi connectivity index (χ3n) is 3.31. The molecule has 2 aromatic carbocycles. The van der Waals surface area contributed by atoms with E-state index in [1.54, 1.807) is 43.3 Å². The number of aryl methyl sites for hydroxylation is 1. The van der Waals surface area contributed by atoms with Crippen molar-refractivity contribution in [2.75, 3.05) is 0 Å². The van der Waals surface area contributed by atoms with Gasteiger partial charge in [-0.25, -0.2) is 0 Å². The number of amides is 2. The lowest BCUT2D eigenvalue weighted by Gasteiger charge is -2.15. The molecule has 0 radical (unpaired) electrons. The first kappa shape index (κ1) is 17.8. The number of hydrogen-bond donors (Lipinski definition) is 2. The van der Waals surface area contributed by atoms with Gasteiger partial charge in [-0.3, -0.25) is 20.4 Å². The highest BCUT2D eigenvalue weighted by atomic mass is 35.5. The summed E-state index contributed by atoms with van der Waals surface area (Å²) < 4.78 is 5.52. The molecular formula is C18H19ClN2O3. The average molecular weight is 347 g/mol. The topological polar surface area (TPSA) is 67.4 Å². The molecule has 2 rings (SSSR count). The molecule has 6 heteroatoms. The Labute approximate surface area is 145 Å². The van der Waals surface area contributed by atoms with Crippen LogP contribution in [0.1, 0.15) is 18.1 Å². The lowest BCUT2D eigenvalue weighted by molar-refractivity contribution is -0.132. The molecule has 0 aliphatic heterocycles. The van der Waals surface area contributed by atoms with Gasteiger partial charge in [-0.05, 0) is 43.7 Å². The van der Waals surface area contributed by atoms with Crippen molar-refractivity contribution in [1.82, 2.24) is 10.9 Å². The number of hydrazine groups is 1. The molecule has 0 aliphatic rings. The van der Waals surface area contributed by atoms with E-state index in [1.807, 2.05) is 19.1 Å². The number of rotatable bonds is 5. The molecule has 0 bridgehead atoms. The van der Waals surface area contributed by atoms with Gasteiger partial charge < -0.3 is 4.74 Å². The third kappa shape index (κ3) is 5.59. The minimum Gasteiger partial charge on any atom is -0.481 e. The summed E-state index contributed by atoms with van der Waals surface area (Å²) >= 11 is 5.79. The number of carbonyl (C=O) groups excluding carboxylic acids is 2. The predicted octanol–water partition coefficient (Wildman–Crippen LogP) is 2.81. The predicted molar refractivity (Wildman–Crippen MR) is 92.7 cm³/mol. The van der Waals surface area contributed by atoms with Gasteiger partial charge in [0, 0.05) is 5.02 Å². The molecule has 0 heterocycles. The Morgan fingerprint density at radius 3 is 2.29 bits per heavy atom. The number of hydrogen-bond acceptors (Lipinski definition) is 3. The molecule has 0 unspecified atom stereocenters. The highest BCUT2D eigenvalue weighted by molar-refractivity contribution is 6.30. The standard InChI is InChI=1S/C18H19ClN2O3/c1-12-3-9-16(10-4-12)24-13(2)18(23)21-20-17(22)11-14-5-7-15(19)8-6-14/h3-10,13H,11H2,1-2H3,(H,20,22)(H,21,23)/t13-/m0/s1. The second kappa shape index (κ2) is 8.36. The molecule has 2 aromatic rings. The number of carbonyl (C=O) groups is 2. The van der Waals surface area contributed by atoms with E-state index >= 15 is 0 Å². The summed E-state index contributed by atoms with van der Waals surface area (Å²) in [6.45, 7) is 3.58. The van der Waals surface area contributed by atoms with E-state index in [9.17, 15) is 9.59 Å². The third-order valence-corrected chi connectivity index (χ3v) is 3.56. The van der Waals surface area contributed by atoms with Crippen LogP contribution in [0.4, 0.5) is 0 Å². The summed E-state index contributed by atoms with van der Waals surface area (Å²) in [5.74, 6) is -0.163. The van der Waals surface area contributed by atoms with Gasteiger partial charge in [0.05, 0.1) is 6.42 Å². The van der Waals surface area contributed by atoms with Crippen molar-refractivity contribution in [2.45, 2.75) is 26.4 Å². The zero-order valence-electron chi connectivity index (χ0n) is 13.5. The molecule has 5 nitrogen and oxygen atoms in total. The zero-order valence-corrected chi connectivity index (χ0v) is 14.3. The second-order valence-electron chi connectivity index (χ2n) is 5.41. The van der Waals surface area contributed by atoms with E-state index < -0.39 is 12.0 Å². The van der Waals surface area contributed by atoms with E-state index in [0.29, 0.717) is 10.8 Å². The Balaban J connectivity index is 1.77. The fourth-order valence-electron chi connectivity index (χ4n) is 1.94. The number of halogens is 1. The molecule has 2 N–H and O–H groups in total. The van der Waals surface area contributed by atoms with Gasteiger partial charge in [-0.2, -0.15) is 0 Å². The van der Waals surface area contributed by atoms with Crippen molar-refractivity contribution in [2.24, 2.45) is 0 Å². The monoisotopic (exact) mass is 346 g/mol. The summed E-state index contributed by atoms with van der Waals surface area (Å²) in [7, 11) is 0. The van der Waals surface area contributed by atoms with Crippen LogP contribution < -0.4 is 15.6 Å². The van der Waals surface area contributed by atoms with Gasteiger partial charge in [-0.1, -0.05) is 41.4 Å². The summed E-state index contributed by atoms with van der Waals surface area (Å²) in [4.78, 5) is 23.8. The number of nitrogens with one attached hydrogen (secondary N) is 2. The van der Waals surface area contributed by atoms with E-state index in [4.69, 9.17) is 16.3 Å². The molecule has 0 saturated heterocycles. The van der Waals surface area contributed by atoms with Gasteiger partial charge in [0.25, 0.3) is 5.91 Å². The highest BCUT2D eigenvalue weighted by Crippen LogP contribution is 2.13. The quantitative estimate of drug-likeness (QED) is 0.818. The van der Waals surface area contributed by atoms with Crippen LogP contribution in [-0.4, -0.2) is 17.9 Å². The van der Waals surface area contributed by atoms with Crippen LogP contribution in [0.15, 0.2) is 48.5 Å². The average Bonchev–Trinajstić information content (AvgIpc) is 2.57. The molecule has 0 fully saturated rings. The molecular weight excluding hydrogens is 328 g/mol. The number of benzene rings is 2. The Bertz CT molecular complexity index is 699. The normalized spacial score (nSPS) is 11.5. The maximum Gasteiger partial charge on any atom is 0.279 e. The molecule has 0 aromatic heterocycles. The summed E-state index contributed by atoms with van der Waals surface area (Å²) in [6.07, 6.45) is -0.589. The Morgan fingerprint density at radius 1 is 1.04 bits per heavy atom. The maximum absolute atomic E-state index is 11.9. The van der Waals surface area contributed by atoms with Gasteiger partial charge in [0.15, 0.2) is 6.10 Å². The zero-order chi connectivity index (χ0) is 17.5. The largest absolute Gasteiger partial charge is 0.481 e. The van der Waals surface area contributed by atoms with E-state index in [1.165, 1.54) is 0 Å². The molecule has 0 spiro atoms. The Hall–Kier alpha value is -2.53. The lowest BCUT2D eigenvalue weighted by atomic mass is 10.1. The first-order chi connectivity index (χ1) is 11.4. The smallest absolute Gasteiger partial charge is 0.279 e. The lowest BCUT2D eigenvalue weighted by Crippen LogP contribution is -2.47.